The number of benzene rings is 1. The molecular formula is C12H12BrFN2O2. The molecule has 0 saturated carbocycles. The van der Waals surface area contributed by atoms with E-state index in [-0.39, 0.29) is 12.2 Å². The highest BCUT2D eigenvalue weighted by atomic mass is 79.9. The van der Waals surface area contributed by atoms with Crippen molar-refractivity contribution in [3.8, 4) is 0 Å². The highest BCUT2D eigenvalue weighted by molar-refractivity contribution is 9.10. The molecule has 1 rings (SSSR count). The fourth-order valence-corrected chi connectivity index (χ4v) is 1.33. The Balaban J connectivity index is 2.84. The molecule has 0 radical (unpaired) electrons. The standard InChI is InChI=1S/C12H12BrFN2O2/c1-2-18-12(17)8(6-15)7-16-9-3-4-10(13)11(14)5-9/h3-7H,2,15H2,1H3. The third-order valence-electron chi connectivity index (χ3n) is 1.95. The van der Waals surface area contributed by atoms with Crippen molar-refractivity contribution < 1.29 is 13.9 Å². The quantitative estimate of drug-likeness (QED) is 0.528. The normalized spacial score (nSPS) is 11.8. The molecule has 0 amide bonds. The highest BCUT2D eigenvalue weighted by Crippen LogP contribution is 2.21. The zero-order valence-corrected chi connectivity index (χ0v) is 11.3. The van der Waals surface area contributed by atoms with E-state index in [0.29, 0.717) is 10.2 Å². The van der Waals surface area contributed by atoms with E-state index in [0.717, 1.165) is 6.20 Å². The van der Waals surface area contributed by atoms with Crippen LogP contribution in [0.5, 0.6) is 0 Å². The molecule has 0 aliphatic rings. The second kappa shape index (κ2) is 6.90. The first-order chi connectivity index (χ1) is 8.58. The van der Waals surface area contributed by atoms with Crippen LogP contribution in [0, 0.1) is 5.82 Å². The Hall–Kier alpha value is -1.69. The van der Waals surface area contributed by atoms with Crippen LogP contribution in [0.15, 0.2) is 39.4 Å². The zero-order valence-electron chi connectivity index (χ0n) is 9.69. The van der Waals surface area contributed by atoms with Crippen LogP contribution in [-0.2, 0) is 9.53 Å². The molecule has 0 aliphatic carbocycles. The van der Waals surface area contributed by atoms with E-state index in [9.17, 15) is 9.18 Å². The third-order valence-corrected chi connectivity index (χ3v) is 2.59. The number of ether oxygens (including phenoxy) is 1. The Morgan fingerprint density at radius 2 is 2.33 bits per heavy atom. The number of aliphatic imine (C=N–C) groups is 1. The predicted molar refractivity (Wildman–Crippen MR) is 71.2 cm³/mol. The first-order valence-electron chi connectivity index (χ1n) is 5.16. The van der Waals surface area contributed by atoms with Gasteiger partial charge in [0.15, 0.2) is 0 Å². The largest absolute Gasteiger partial charge is 0.462 e. The van der Waals surface area contributed by atoms with Gasteiger partial charge in [0, 0.05) is 18.5 Å². The van der Waals surface area contributed by atoms with Gasteiger partial charge in [0.05, 0.1) is 22.3 Å². The minimum absolute atomic E-state index is 0.111. The van der Waals surface area contributed by atoms with Gasteiger partial charge in [-0.05, 0) is 35.0 Å². The van der Waals surface area contributed by atoms with E-state index >= 15 is 0 Å². The maximum atomic E-state index is 13.2. The van der Waals surface area contributed by atoms with Crippen molar-refractivity contribution in [2.45, 2.75) is 6.92 Å². The van der Waals surface area contributed by atoms with E-state index in [2.05, 4.69) is 20.9 Å². The van der Waals surface area contributed by atoms with E-state index in [4.69, 9.17) is 10.5 Å². The molecule has 4 nitrogen and oxygen atoms in total. The van der Waals surface area contributed by atoms with Gasteiger partial charge in [-0.25, -0.2) is 9.18 Å². The summed E-state index contributed by atoms with van der Waals surface area (Å²) in [4.78, 5) is 15.3. The molecule has 0 saturated heterocycles. The number of hydrogen-bond acceptors (Lipinski definition) is 4. The number of halogens is 2. The number of nitrogens with zero attached hydrogens (tertiary/aromatic N) is 1. The van der Waals surface area contributed by atoms with Gasteiger partial charge in [0.1, 0.15) is 5.82 Å². The number of rotatable bonds is 4. The van der Waals surface area contributed by atoms with Crippen molar-refractivity contribution >= 4 is 33.8 Å². The van der Waals surface area contributed by atoms with Crippen LogP contribution in [0.3, 0.4) is 0 Å². The first-order valence-corrected chi connectivity index (χ1v) is 5.96. The van der Waals surface area contributed by atoms with Crippen LogP contribution >= 0.6 is 15.9 Å². The molecule has 0 atom stereocenters. The Bertz CT molecular complexity index is 501. The lowest BCUT2D eigenvalue weighted by Gasteiger charge is -2.01. The Morgan fingerprint density at radius 1 is 1.61 bits per heavy atom. The van der Waals surface area contributed by atoms with E-state index in [1.807, 2.05) is 0 Å². The van der Waals surface area contributed by atoms with Gasteiger partial charge in [0.25, 0.3) is 0 Å². The van der Waals surface area contributed by atoms with Crippen LogP contribution in [0.25, 0.3) is 0 Å². The zero-order chi connectivity index (χ0) is 13.5. The van der Waals surface area contributed by atoms with E-state index < -0.39 is 11.8 Å². The van der Waals surface area contributed by atoms with Crippen LogP contribution in [0.4, 0.5) is 10.1 Å². The predicted octanol–water partition coefficient (Wildman–Crippen LogP) is 2.70. The summed E-state index contributed by atoms with van der Waals surface area (Å²) in [5.41, 5.74) is 5.77. The Kier molecular flexibility index (Phi) is 5.51. The molecule has 1 aromatic rings. The Morgan fingerprint density at radius 3 is 2.89 bits per heavy atom. The van der Waals surface area contributed by atoms with Crippen molar-refractivity contribution in [2.75, 3.05) is 6.61 Å². The summed E-state index contributed by atoms with van der Waals surface area (Å²) in [7, 11) is 0. The van der Waals surface area contributed by atoms with Crippen LogP contribution in [-0.4, -0.2) is 18.8 Å². The van der Waals surface area contributed by atoms with Gasteiger partial charge >= 0.3 is 5.97 Å². The third kappa shape index (κ3) is 3.96. The van der Waals surface area contributed by atoms with Crippen LogP contribution in [0.2, 0.25) is 0 Å². The average Bonchev–Trinajstić information content (AvgIpc) is 2.34. The summed E-state index contributed by atoms with van der Waals surface area (Å²) in [5, 5.41) is 0. The fourth-order valence-electron chi connectivity index (χ4n) is 1.09. The minimum atomic E-state index is -0.568. The maximum absolute atomic E-state index is 13.2. The molecule has 0 aliphatic heterocycles. The smallest absolute Gasteiger partial charge is 0.341 e. The van der Waals surface area contributed by atoms with Crippen molar-refractivity contribution in [1.29, 1.82) is 0 Å². The molecule has 96 valence electrons. The lowest BCUT2D eigenvalue weighted by atomic mass is 10.3. The van der Waals surface area contributed by atoms with Gasteiger partial charge in [-0.2, -0.15) is 0 Å². The number of hydrogen-bond donors (Lipinski definition) is 1. The highest BCUT2D eigenvalue weighted by Gasteiger charge is 2.07. The van der Waals surface area contributed by atoms with Gasteiger partial charge in [-0.3, -0.25) is 4.99 Å². The van der Waals surface area contributed by atoms with Crippen molar-refractivity contribution in [1.82, 2.24) is 0 Å². The van der Waals surface area contributed by atoms with Gasteiger partial charge < -0.3 is 10.5 Å². The molecule has 0 spiro atoms. The van der Waals surface area contributed by atoms with Crippen molar-refractivity contribution in [3.63, 3.8) is 0 Å². The number of carbonyl (C=O) groups is 1. The summed E-state index contributed by atoms with van der Waals surface area (Å²) in [6.45, 7) is 1.93. The van der Waals surface area contributed by atoms with Crippen molar-refractivity contribution in [2.24, 2.45) is 10.7 Å². The molecule has 2 N–H and O–H groups in total. The van der Waals surface area contributed by atoms with Crippen LogP contribution in [0.1, 0.15) is 6.92 Å². The van der Waals surface area contributed by atoms with E-state index in [1.165, 1.54) is 18.3 Å². The Labute approximate surface area is 112 Å². The molecule has 0 bridgehead atoms. The topological polar surface area (TPSA) is 64.7 Å². The monoisotopic (exact) mass is 314 g/mol. The molecule has 1 aromatic carbocycles. The molecular weight excluding hydrogens is 303 g/mol. The average molecular weight is 315 g/mol. The molecule has 0 unspecified atom stereocenters. The number of nitrogens with two attached hydrogens (primary N) is 1. The summed E-state index contributed by atoms with van der Waals surface area (Å²) < 4.78 is 18.3. The lowest BCUT2D eigenvalue weighted by Crippen LogP contribution is -2.10. The summed E-state index contributed by atoms with van der Waals surface area (Å²) in [5.74, 6) is -1.000. The molecule has 0 heterocycles. The number of esters is 1. The first kappa shape index (κ1) is 14.4. The van der Waals surface area contributed by atoms with Gasteiger partial charge in [0.2, 0.25) is 0 Å². The van der Waals surface area contributed by atoms with Gasteiger partial charge in [-0.15, -0.1) is 0 Å². The van der Waals surface area contributed by atoms with Crippen LogP contribution < -0.4 is 5.73 Å². The SMILES string of the molecule is CCOC(=O)C(C=Nc1ccc(Br)c(F)c1)=CN. The van der Waals surface area contributed by atoms with Gasteiger partial charge in [-0.1, -0.05) is 0 Å². The maximum Gasteiger partial charge on any atom is 0.341 e. The molecule has 6 heteroatoms. The second-order valence-electron chi connectivity index (χ2n) is 3.20. The molecule has 18 heavy (non-hydrogen) atoms. The summed E-state index contributed by atoms with van der Waals surface area (Å²) in [6.07, 6.45) is 2.33. The molecule has 0 aromatic heterocycles. The lowest BCUT2D eigenvalue weighted by molar-refractivity contribution is -0.137. The summed E-state index contributed by atoms with van der Waals surface area (Å²) >= 11 is 3.03. The second-order valence-corrected chi connectivity index (χ2v) is 4.05. The fraction of sp³-hybridized carbons (Fsp3) is 0.167. The molecule has 0 fully saturated rings. The van der Waals surface area contributed by atoms with E-state index in [1.54, 1.807) is 13.0 Å². The number of carbonyl (C=O) groups excluding carboxylic acids is 1. The summed E-state index contributed by atoms with van der Waals surface area (Å²) in [6, 6.07) is 4.36. The minimum Gasteiger partial charge on any atom is -0.462 e. The van der Waals surface area contributed by atoms with Crippen molar-refractivity contribution in [3.05, 3.63) is 40.3 Å².